The van der Waals surface area contributed by atoms with Gasteiger partial charge in [0, 0.05) is 20.0 Å². The Hall–Kier alpha value is -0.870. The first kappa shape index (κ1) is 10.2. The van der Waals surface area contributed by atoms with Crippen molar-refractivity contribution < 1.29 is 14.3 Å². The van der Waals surface area contributed by atoms with Crippen molar-refractivity contribution >= 4 is 5.91 Å². The molecule has 1 amide bonds. The highest BCUT2D eigenvalue weighted by Gasteiger charge is 2.16. The Kier molecular flexibility index (Phi) is 3.92. The van der Waals surface area contributed by atoms with Crippen LogP contribution in [0.4, 0.5) is 0 Å². The van der Waals surface area contributed by atoms with E-state index in [9.17, 15) is 4.79 Å². The molecular weight excluding hydrogens is 170 g/mol. The SMILES string of the molecule is C=CC(=O)N(C)CCC1OCCO1. The van der Waals surface area contributed by atoms with Crippen LogP contribution in [0.2, 0.25) is 0 Å². The molecule has 1 heterocycles. The Labute approximate surface area is 78.1 Å². The highest BCUT2D eigenvalue weighted by atomic mass is 16.7. The van der Waals surface area contributed by atoms with E-state index in [0.29, 0.717) is 19.8 Å². The Morgan fingerprint density at radius 3 is 2.77 bits per heavy atom. The lowest BCUT2D eigenvalue weighted by Gasteiger charge is -2.16. The Morgan fingerprint density at radius 1 is 1.62 bits per heavy atom. The molecule has 1 rings (SSSR count). The van der Waals surface area contributed by atoms with Gasteiger partial charge in [0.05, 0.1) is 13.2 Å². The number of hydrogen-bond donors (Lipinski definition) is 0. The van der Waals surface area contributed by atoms with Crippen molar-refractivity contribution in [1.82, 2.24) is 4.90 Å². The summed E-state index contributed by atoms with van der Waals surface area (Å²) in [6, 6.07) is 0. The smallest absolute Gasteiger partial charge is 0.245 e. The summed E-state index contributed by atoms with van der Waals surface area (Å²) < 4.78 is 10.5. The molecular formula is C9H15NO3. The van der Waals surface area contributed by atoms with Crippen LogP contribution in [-0.2, 0) is 14.3 Å². The highest BCUT2D eigenvalue weighted by Crippen LogP contribution is 2.08. The van der Waals surface area contributed by atoms with Crippen LogP contribution in [0, 0.1) is 0 Å². The van der Waals surface area contributed by atoms with Crippen LogP contribution in [0.25, 0.3) is 0 Å². The molecule has 0 spiro atoms. The van der Waals surface area contributed by atoms with Crippen molar-refractivity contribution in [2.75, 3.05) is 26.8 Å². The molecule has 74 valence electrons. The summed E-state index contributed by atoms with van der Waals surface area (Å²) in [6.07, 6.45) is 1.88. The van der Waals surface area contributed by atoms with E-state index in [1.165, 1.54) is 6.08 Å². The molecule has 1 aliphatic heterocycles. The second-order valence-corrected chi connectivity index (χ2v) is 2.92. The van der Waals surface area contributed by atoms with Gasteiger partial charge in [0.2, 0.25) is 5.91 Å². The molecule has 0 saturated carbocycles. The maximum Gasteiger partial charge on any atom is 0.245 e. The Bertz CT molecular complexity index is 187. The van der Waals surface area contributed by atoms with Crippen LogP contribution in [-0.4, -0.2) is 43.9 Å². The lowest BCUT2D eigenvalue weighted by atomic mass is 10.3. The van der Waals surface area contributed by atoms with Crippen LogP contribution >= 0.6 is 0 Å². The number of likely N-dealkylation sites (N-methyl/N-ethyl adjacent to an activating group) is 1. The summed E-state index contributed by atoms with van der Waals surface area (Å²) in [7, 11) is 1.74. The average molecular weight is 185 g/mol. The zero-order chi connectivity index (χ0) is 9.68. The molecule has 0 atom stereocenters. The highest BCUT2D eigenvalue weighted by molar-refractivity contribution is 5.86. The van der Waals surface area contributed by atoms with Crippen molar-refractivity contribution in [1.29, 1.82) is 0 Å². The number of carbonyl (C=O) groups is 1. The largest absolute Gasteiger partial charge is 0.350 e. The van der Waals surface area contributed by atoms with E-state index in [0.717, 1.165) is 6.42 Å². The molecule has 13 heavy (non-hydrogen) atoms. The maximum atomic E-state index is 11.0. The summed E-state index contributed by atoms with van der Waals surface area (Å²) >= 11 is 0. The zero-order valence-corrected chi connectivity index (χ0v) is 7.86. The van der Waals surface area contributed by atoms with Gasteiger partial charge in [0.15, 0.2) is 6.29 Å². The van der Waals surface area contributed by atoms with Gasteiger partial charge in [-0.1, -0.05) is 6.58 Å². The van der Waals surface area contributed by atoms with Crippen LogP contribution < -0.4 is 0 Å². The monoisotopic (exact) mass is 185 g/mol. The first-order valence-corrected chi connectivity index (χ1v) is 4.35. The Morgan fingerprint density at radius 2 is 2.23 bits per heavy atom. The van der Waals surface area contributed by atoms with Crippen molar-refractivity contribution in [2.45, 2.75) is 12.7 Å². The van der Waals surface area contributed by atoms with E-state index in [-0.39, 0.29) is 12.2 Å². The second kappa shape index (κ2) is 4.99. The van der Waals surface area contributed by atoms with Crippen LogP contribution in [0.1, 0.15) is 6.42 Å². The minimum atomic E-state index is -0.139. The van der Waals surface area contributed by atoms with Crippen molar-refractivity contribution in [3.8, 4) is 0 Å². The lowest BCUT2D eigenvalue weighted by Crippen LogP contribution is -2.28. The first-order valence-electron chi connectivity index (χ1n) is 4.35. The zero-order valence-electron chi connectivity index (χ0n) is 7.86. The molecule has 1 saturated heterocycles. The number of carbonyl (C=O) groups excluding carboxylic acids is 1. The van der Waals surface area contributed by atoms with Gasteiger partial charge in [0.1, 0.15) is 0 Å². The third kappa shape index (κ3) is 3.16. The molecule has 4 nitrogen and oxygen atoms in total. The number of hydrogen-bond acceptors (Lipinski definition) is 3. The predicted octanol–water partition coefficient (Wildman–Crippen LogP) is 0.394. The minimum absolute atomic E-state index is 0.0713. The third-order valence-corrected chi connectivity index (χ3v) is 1.94. The van der Waals surface area contributed by atoms with E-state index in [2.05, 4.69) is 6.58 Å². The number of ether oxygens (including phenoxy) is 2. The summed E-state index contributed by atoms with van der Waals surface area (Å²) in [5.74, 6) is -0.0713. The molecule has 0 aromatic heterocycles. The van der Waals surface area contributed by atoms with E-state index >= 15 is 0 Å². The molecule has 1 aliphatic rings. The molecule has 0 bridgehead atoms. The molecule has 0 N–H and O–H groups in total. The number of rotatable bonds is 4. The fourth-order valence-corrected chi connectivity index (χ4v) is 1.14. The lowest BCUT2D eigenvalue weighted by molar-refractivity contribution is -0.125. The molecule has 0 aromatic rings. The second-order valence-electron chi connectivity index (χ2n) is 2.92. The average Bonchev–Trinajstić information content (AvgIpc) is 2.65. The molecule has 0 radical (unpaired) electrons. The van der Waals surface area contributed by atoms with Crippen molar-refractivity contribution in [2.24, 2.45) is 0 Å². The minimum Gasteiger partial charge on any atom is -0.350 e. The van der Waals surface area contributed by atoms with Gasteiger partial charge in [0.25, 0.3) is 0 Å². The van der Waals surface area contributed by atoms with Gasteiger partial charge in [-0.2, -0.15) is 0 Å². The molecule has 1 fully saturated rings. The van der Waals surface area contributed by atoms with Crippen molar-refractivity contribution in [3.05, 3.63) is 12.7 Å². The fraction of sp³-hybridized carbons (Fsp3) is 0.667. The van der Waals surface area contributed by atoms with E-state index in [1.54, 1.807) is 11.9 Å². The molecule has 0 unspecified atom stereocenters. The van der Waals surface area contributed by atoms with Crippen LogP contribution in [0.3, 0.4) is 0 Å². The standard InChI is InChI=1S/C9H15NO3/c1-3-8(11)10(2)5-4-9-12-6-7-13-9/h3,9H,1,4-7H2,2H3. The van der Waals surface area contributed by atoms with E-state index in [4.69, 9.17) is 9.47 Å². The molecule has 4 heteroatoms. The summed E-state index contributed by atoms with van der Waals surface area (Å²) in [5.41, 5.74) is 0. The predicted molar refractivity (Wildman–Crippen MR) is 48.1 cm³/mol. The molecule has 0 aromatic carbocycles. The quantitative estimate of drug-likeness (QED) is 0.595. The maximum absolute atomic E-state index is 11.0. The van der Waals surface area contributed by atoms with Gasteiger partial charge < -0.3 is 14.4 Å². The summed E-state index contributed by atoms with van der Waals surface area (Å²) in [5, 5.41) is 0. The normalized spacial score (nSPS) is 17.3. The van der Waals surface area contributed by atoms with Gasteiger partial charge in [-0.25, -0.2) is 0 Å². The van der Waals surface area contributed by atoms with Gasteiger partial charge in [-0.15, -0.1) is 0 Å². The molecule has 0 aliphatic carbocycles. The fourth-order valence-electron chi connectivity index (χ4n) is 1.14. The van der Waals surface area contributed by atoms with E-state index < -0.39 is 0 Å². The summed E-state index contributed by atoms with van der Waals surface area (Å²) in [4.78, 5) is 12.6. The summed E-state index contributed by atoms with van der Waals surface area (Å²) in [6.45, 7) is 5.36. The van der Waals surface area contributed by atoms with E-state index in [1.807, 2.05) is 0 Å². The third-order valence-electron chi connectivity index (χ3n) is 1.94. The van der Waals surface area contributed by atoms with Gasteiger partial charge in [-0.05, 0) is 6.08 Å². The van der Waals surface area contributed by atoms with Crippen LogP contribution in [0.15, 0.2) is 12.7 Å². The number of amides is 1. The number of nitrogens with zero attached hydrogens (tertiary/aromatic N) is 1. The van der Waals surface area contributed by atoms with Gasteiger partial charge in [-0.3, -0.25) is 4.79 Å². The first-order chi connectivity index (χ1) is 6.24. The van der Waals surface area contributed by atoms with Gasteiger partial charge >= 0.3 is 0 Å². The van der Waals surface area contributed by atoms with Crippen molar-refractivity contribution in [3.63, 3.8) is 0 Å². The van der Waals surface area contributed by atoms with Crippen LogP contribution in [0.5, 0.6) is 0 Å². The Balaban J connectivity index is 2.17. The topological polar surface area (TPSA) is 38.8 Å².